The Labute approximate surface area is 188 Å². The van der Waals surface area contributed by atoms with Crippen molar-refractivity contribution < 1.29 is 19.1 Å². The molecule has 1 saturated heterocycles. The van der Waals surface area contributed by atoms with Crippen LogP contribution < -0.4 is 9.47 Å². The molecular formula is C24H29ClN2O4. The summed E-state index contributed by atoms with van der Waals surface area (Å²) in [7, 11) is 1.61. The quantitative estimate of drug-likeness (QED) is 0.582. The van der Waals surface area contributed by atoms with E-state index in [1.807, 2.05) is 59.2 Å². The van der Waals surface area contributed by atoms with Gasteiger partial charge in [-0.25, -0.2) is 0 Å². The molecule has 0 N–H and O–H groups in total. The Balaban J connectivity index is 1.37. The average molecular weight is 445 g/mol. The number of aryl methyl sites for hydroxylation is 1. The number of nitrogens with zero attached hydrogens (tertiary/aromatic N) is 2. The summed E-state index contributed by atoms with van der Waals surface area (Å²) < 4.78 is 10.9. The van der Waals surface area contributed by atoms with Gasteiger partial charge in [0.15, 0.2) is 0 Å². The number of piperazine rings is 1. The Bertz CT molecular complexity index is 910. The largest absolute Gasteiger partial charge is 0.497 e. The Morgan fingerprint density at radius 3 is 2.35 bits per heavy atom. The van der Waals surface area contributed by atoms with Crippen LogP contribution in [0, 0.1) is 6.92 Å². The average Bonchev–Trinajstić information content (AvgIpc) is 2.79. The lowest BCUT2D eigenvalue weighted by Crippen LogP contribution is -2.51. The maximum atomic E-state index is 12.6. The van der Waals surface area contributed by atoms with Gasteiger partial charge in [-0.2, -0.15) is 0 Å². The molecule has 1 heterocycles. The first-order valence-corrected chi connectivity index (χ1v) is 10.9. The van der Waals surface area contributed by atoms with Crippen molar-refractivity contribution >= 4 is 23.4 Å². The fourth-order valence-corrected chi connectivity index (χ4v) is 3.67. The highest BCUT2D eigenvalue weighted by molar-refractivity contribution is 6.31. The van der Waals surface area contributed by atoms with Gasteiger partial charge < -0.3 is 19.3 Å². The number of hydrogen-bond donors (Lipinski definition) is 0. The third-order valence-corrected chi connectivity index (χ3v) is 5.83. The van der Waals surface area contributed by atoms with Gasteiger partial charge in [0.05, 0.1) is 20.1 Å². The van der Waals surface area contributed by atoms with Crippen LogP contribution in [0.3, 0.4) is 0 Å². The van der Waals surface area contributed by atoms with Gasteiger partial charge in [0.25, 0.3) is 0 Å². The molecule has 0 atom stereocenters. The summed E-state index contributed by atoms with van der Waals surface area (Å²) in [5.41, 5.74) is 1.90. The SMILES string of the molecule is COc1cccc(CC(=O)N2CCN(C(=O)CCCOc3ccc(Cl)c(C)c3)CC2)c1. The predicted molar refractivity (Wildman–Crippen MR) is 121 cm³/mol. The van der Waals surface area contributed by atoms with E-state index in [1.54, 1.807) is 7.11 Å². The summed E-state index contributed by atoms with van der Waals surface area (Å²) >= 11 is 6.02. The summed E-state index contributed by atoms with van der Waals surface area (Å²) in [5, 5.41) is 0.712. The Morgan fingerprint density at radius 2 is 1.68 bits per heavy atom. The van der Waals surface area contributed by atoms with E-state index in [0.717, 1.165) is 22.6 Å². The number of methoxy groups -OCH3 is 1. The summed E-state index contributed by atoms with van der Waals surface area (Å²) in [5.74, 6) is 1.69. The fraction of sp³-hybridized carbons (Fsp3) is 0.417. The monoisotopic (exact) mass is 444 g/mol. The van der Waals surface area contributed by atoms with E-state index >= 15 is 0 Å². The van der Waals surface area contributed by atoms with E-state index in [-0.39, 0.29) is 11.8 Å². The highest BCUT2D eigenvalue weighted by Crippen LogP contribution is 2.21. The third kappa shape index (κ3) is 6.62. The van der Waals surface area contributed by atoms with Gasteiger partial charge in [-0.15, -0.1) is 0 Å². The molecule has 2 aromatic rings. The molecule has 0 saturated carbocycles. The molecule has 6 nitrogen and oxygen atoms in total. The molecule has 2 aromatic carbocycles. The van der Waals surface area contributed by atoms with Gasteiger partial charge in [-0.05, 0) is 54.8 Å². The lowest BCUT2D eigenvalue weighted by atomic mass is 10.1. The van der Waals surface area contributed by atoms with Gasteiger partial charge in [0.1, 0.15) is 11.5 Å². The number of benzene rings is 2. The minimum Gasteiger partial charge on any atom is -0.497 e. The molecule has 0 aliphatic carbocycles. The number of carbonyl (C=O) groups excluding carboxylic acids is 2. The van der Waals surface area contributed by atoms with Crippen molar-refractivity contribution in [2.75, 3.05) is 39.9 Å². The zero-order valence-electron chi connectivity index (χ0n) is 18.1. The van der Waals surface area contributed by atoms with Crippen LogP contribution in [0.5, 0.6) is 11.5 Å². The normalized spacial score (nSPS) is 13.8. The lowest BCUT2D eigenvalue weighted by molar-refractivity contribution is -0.139. The Kier molecular flexibility index (Phi) is 8.18. The molecule has 7 heteroatoms. The number of halogens is 1. The summed E-state index contributed by atoms with van der Waals surface area (Å²) in [6.45, 7) is 4.68. The molecule has 31 heavy (non-hydrogen) atoms. The van der Waals surface area contributed by atoms with Crippen molar-refractivity contribution in [3.05, 3.63) is 58.6 Å². The Hall–Kier alpha value is -2.73. The van der Waals surface area contributed by atoms with E-state index in [2.05, 4.69) is 0 Å². The van der Waals surface area contributed by atoms with Gasteiger partial charge in [-0.1, -0.05) is 23.7 Å². The molecule has 0 aromatic heterocycles. The van der Waals surface area contributed by atoms with Crippen LogP contribution >= 0.6 is 11.6 Å². The first-order chi connectivity index (χ1) is 15.0. The zero-order valence-corrected chi connectivity index (χ0v) is 18.9. The molecule has 0 radical (unpaired) electrons. The topological polar surface area (TPSA) is 59.1 Å². The van der Waals surface area contributed by atoms with Crippen molar-refractivity contribution in [2.45, 2.75) is 26.2 Å². The van der Waals surface area contributed by atoms with Crippen LogP contribution in [0.1, 0.15) is 24.0 Å². The van der Waals surface area contributed by atoms with Gasteiger partial charge in [0, 0.05) is 37.6 Å². The molecule has 166 valence electrons. The minimum absolute atomic E-state index is 0.0759. The highest BCUT2D eigenvalue weighted by Gasteiger charge is 2.24. The second kappa shape index (κ2) is 11.0. The van der Waals surface area contributed by atoms with Gasteiger partial charge in [-0.3, -0.25) is 9.59 Å². The number of carbonyl (C=O) groups is 2. The maximum Gasteiger partial charge on any atom is 0.227 e. The molecular weight excluding hydrogens is 416 g/mol. The molecule has 1 aliphatic heterocycles. The molecule has 1 fully saturated rings. The molecule has 0 bridgehead atoms. The lowest BCUT2D eigenvalue weighted by Gasteiger charge is -2.35. The van der Waals surface area contributed by atoms with E-state index in [9.17, 15) is 9.59 Å². The van der Waals surface area contributed by atoms with Gasteiger partial charge in [0.2, 0.25) is 11.8 Å². The van der Waals surface area contributed by atoms with Crippen molar-refractivity contribution in [1.29, 1.82) is 0 Å². The summed E-state index contributed by atoms with van der Waals surface area (Å²) in [6, 6.07) is 13.1. The summed E-state index contributed by atoms with van der Waals surface area (Å²) in [6.07, 6.45) is 1.42. The second-order valence-corrected chi connectivity index (χ2v) is 8.06. The summed E-state index contributed by atoms with van der Waals surface area (Å²) in [4.78, 5) is 28.7. The second-order valence-electron chi connectivity index (χ2n) is 7.65. The molecule has 2 amide bonds. The van der Waals surface area contributed by atoms with Crippen LogP contribution in [-0.4, -0.2) is 61.5 Å². The molecule has 0 unspecified atom stereocenters. The van der Waals surface area contributed by atoms with Crippen molar-refractivity contribution in [1.82, 2.24) is 9.80 Å². The molecule has 1 aliphatic rings. The van der Waals surface area contributed by atoms with Crippen molar-refractivity contribution in [2.24, 2.45) is 0 Å². The van der Waals surface area contributed by atoms with Crippen LogP contribution in [0.4, 0.5) is 0 Å². The minimum atomic E-state index is 0.0759. The number of amides is 2. The van der Waals surface area contributed by atoms with Crippen molar-refractivity contribution in [3.8, 4) is 11.5 Å². The van der Waals surface area contributed by atoms with Crippen molar-refractivity contribution in [3.63, 3.8) is 0 Å². The van der Waals surface area contributed by atoms with Crippen LogP contribution in [-0.2, 0) is 16.0 Å². The first kappa shape index (κ1) is 22.9. The van der Waals surface area contributed by atoms with Crippen LogP contribution in [0.25, 0.3) is 0 Å². The third-order valence-electron chi connectivity index (χ3n) is 5.41. The highest BCUT2D eigenvalue weighted by atomic mass is 35.5. The fourth-order valence-electron chi connectivity index (χ4n) is 3.55. The zero-order chi connectivity index (χ0) is 22.2. The van der Waals surface area contributed by atoms with Gasteiger partial charge >= 0.3 is 0 Å². The van der Waals surface area contributed by atoms with Crippen LogP contribution in [0.15, 0.2) is 42.5 Å². The first-order valence-electron chi connectivity index (χ1n) is 10.5. The molecule has 3 rings (SSSR count). The smallest absolute Gasteiger partial charge is 0.227 e. The van der Waals surface area contributed by atoms with E-state index in [0.29, 0.717) is 57.1 Å². The predicted octanol–water partition coefficient (Wildman–Crippen LogP) is 3.73. The van der Waals surface area contributed by atoms with E-state index in [1.165, 1.54) is 0 Å². The van der Waals surface area contributed by atoms with Crippen LogP contribution in [0.2, 0.25) is 5.02 Å². The van der Waals surface area contributed by atoms with E-state index in [4.69, 9.17) is 21.1 Å². The maximum absolute atomic E-state index is 12.6. The number of hydrogen-bond acceptors (Lipinski definition) is 4. The van der Waals surface area contributed by atoms with E-state index < -0.39 is 0 Å². The Morgan fingerprint density at radius 1 is 0.968 bits per heavy atom. The molecule has 0 spiro atoms. The standard InChI is InChI=1S/C24H29ClN2O4/c1-18-15-21(8-9-22(18)25)31-14-4-7-23(28)26-10-12-27(13-11-26)24(29)17-19-5-3-6-20(16-19)30-2/h3,5-6,8-9,15-16H,4,7,10-14,17H2,1-2H3. The number of ether oxygens (including phenoxy) is 2. The number of rotatable bonds is 8.